The molecule has 2 unspecified atom stereocenters. The van der Waals surface area contributed by atoms with Gasteiger partial charge in [0.25, 0.3) is 0 Å². The van der Waals surface area contributed by atoms with E-state index in [1.165, 1.54) is 51.9 Å². The zero-order chi connectivity index (χ0) is 9.10. The van der Waals surface area contributed by atoms with Gasteiger partial charge in [0, 0.05) is 12.6 Å². The fraction of sp³-hybridized carbons (Fsp3) is 1.00. The maximum atomic E-state index is 3.50. The first kappa shape index (κ1) is 9.47. The SMILES string of the molecule is CC1CNCC1N1CCCCCC1. The number of nitrogens with one attached hydrogen (secondary N) is 1. The summed E-state index contributed by atoms with van der Waals surface area (Å²) in [6.07, 6.45) is 5.74. The Hall–Kier alpha value is -0.0800. The Morgan fingerprint density at radius 1 is 1.00 bits per heavy atom. The topological polar surface area (TPSA) is 15.3 Å². The molecule has 0 bridgehead atoms. The van der Waals surface area contributed by atoms with Gasteiger partial charge in [0.2, 0.25) is 0 Å². The summed E-state index contributed by atoms with van der Waals surface area (Å²) in [5.41, 5.74) is 0. The highest BCUT2D eigenvalue weighted by molar-refractivity contribution is 4.86. The Morgan fingerprint density at radius 2 is 1.69 bits per heavy atom. The van der Waals surface area contributed by atoms with Crippen molar-refractivity contribution in [3.05, 3.63) is 0 Å². The highest BCUT2D eigenvalue weighted by Gasteiger charge is 2.28. The van der Waals surface area contributed by atoms with Gasteiger partial charge in [-0.2, -0.15) is 0 Å². The van der Waals surface area contributed by atoms with Crippen LogP contribution in [0.1, 0.15) is 32.6 Å². The highest BCUT2D eigenvalue weighted by atomic mass is 15.2. The van der Waals surface area contributed by atoms with E-state index in [2.05, 4.69) is 17.1 Å². The van der Waals surface area contributed by atoms with Gasteiger partial charge in [0.05, 0.1) is 0 Å². The predicted octanol–water partition coefficient (Wildman–Crippen LogP) is 1.47. The Bertz CT molecular complexity index is 150. The van der Waals surface area contributed by atoms with Gasteiger partial charge in [0.1, 0.15) is 0 Å². The smallest absolute Gasteiger partial charge is 0.0258 e. The van der Waals surface area contributed by atoms with Crippen molar-refractivity contribution in [3.63, 3.8) is 0 Å². The van der Waals surface area contributed by atoms with Gasteiger partial charge >= 0.3 is 0 Å². The van der Waals surface area contributed by atoms with Crippen LogP contribution in [-0.4, -0.2) is 37.1 Å². The maximum Gasteiger partial charge on any atom is 0.0258 e. The summed E-state index contributed by atoms with van der Waals surface area (Å²) >= 11 is 0. The van der Waals surface area contributed by atoms with Crippen molar-refractivity contribution < 1.29 is 0 Å². The molecule has 76 valence electrons. The molecule has 2 rings (SSSR count). The minimum Gasteiger partial charge on any atom is -0.315 e. The van der Waals surface area contributed by atoms with E-state index in [0.717, 1.165) is 12.0 Å². The standard InChI is InChI=1S/C11H22N2/c1-10-8-12-9-11(10)13-6-4-2-3-5-7-13/h10-12H,2-9H2,1H3. The summed E-state index contributed by atoms with van der Waals surface area (Å²) in [6.45, 7) is 7.52. The van der Waals surface area contributed by atoms with Gasteiger partial charge in [-0.15, -0.1) is 0 Å². The van der Waals surface area contributed by atoms with Crippen molar-refractivity contribution >= 4 is 0 Å². The second-order valence-corrected chi connectivity index (χ2v) is 4.65. The van der Waals surface area contributed by atoms with E-state index < -0.39 is 0 Å². The number of hydrogen-bond acceptors (Lipinski definition) is 2. The Balaban J connectivity index is 1.89. The summed E-state index contributed by atoms with van der Waals surface area (Å²) < 4.78 is 0. The lowest BCUT2D eigenvalue weighted by molar-refractivity contribution is 0.185. The lowest BCUT2D eigenvalue weighted by Crippen LogP contribution is -2.40. The number of likely N-dealkylation sites (tertiary alicyclic amines) is 1. The fourth-order valence-corrected chi connectivity index (χ4v) is 2.71. The average molecular weight is 182 g/mol. The molecular weight excluding hydrogens is 160 g/mol. The van der Waals surface area contributed by atoms with Crippen LogP contribution in [0.4, 0.5) is 0 Å². The molecule has 0 spiro atoms. The van der Waals surface area contributed by atoms with Crippen LogP contribution >= 0.6 is 0 Å². The lowest BCUT2D eigenvalue weighted by Gasteiger charge is -2.29. The summed E-state index contributed by atoms with van der Waals surface area (Å²) in [7, 11) is 0. The summed E-state index contributed by atoms with van der Waals surface area (Å²) in [5, 5.41) is 3.50. The molecule has 2 fully saturated rings. The predicted molar refractivity (Wildman–Crippen MR) is 55.9 cm³/mol. The first-order valence-electron chi connectivity index (χ1n) is 5.82. The van der Waals surface area contributed by atoms with Crippen LogP contribution in [0.2, 0.25) is 0 Å². The van der Waals surface area contributed by atoms with E-state index in [-0.39, 0.29) is 0 Å². The van der Waals surface area contributed by atoms with E-state index >= 15 is 0 Å². The third-order valence-electron chi connectivity index (χ3n) is 3.59. The molecule has 2 heterocycles. The van der Waals surface area contributed by atoms with E-state index in [1.54, 1.807) is 0 Å². The van der Waals surface area contributed by atoms with E-state index in [1.807, 2.05) is 0 Å². The monoisotopic (exact) mass is 182 g/mol. The number of rotatable bonds is 1. The molecule has 2 heteroatoms. The Morgan fingerprint density at radius 3 is 2.23 bits per heavy atom. The summed E-state index contributed by atoms with van der Waals surface area (Å²) in [5.74, 6) is 0.859. The molecule has 1 N–H and O–H groups in total. The number of hydrogen-bond donors (Lipinski definition) is 1. The van der Waals surface area contributed by atoms with Crippen LogP contribution in [-0.2, 0) is 0 Å². The largest absolute Gasteiger partial charge is 0.315 e. The maximum absolute atomic E-state index is 3.50. The molecule has 0 aromatic rings. The molecular formula is C11H22N2. The molecule has 2 aliphatic rings. The third kappa shape index (κ3) is 2.23. The second kappa shape index (κ2) is 4.43. The summed E-state index contributed by atoms with van der Waals surface area (Å²) in [4.78, 5) is 2.72. The second-order valence-electron chi connectivity index (χ2n) is 4.65. The molecule has 0 radical (unpaired) electrons. The van der Waals surface area contributed by atoms with Crippen LogP contribution < -0.4 is 5.32 Å². The van der Waals surface area contributed by atoms with Crippen LogP contribution in [0.5, 0.6) is 0 Å². The van der Waals surface area contributed by atoms with Crippen molar-refractivity contribution in [1.29, 1.82) is 0 Å². The van der Waals surface area contributed by atoms with E-state index in [4.69, 9.17) is 0 Å². The minimum absolute atomic E-state index is 0.832. The highest BCUT2D eigenvalue weighted by Crippen LogP contribution is 2.19. The molecule has 0 aromatic heterocycles. The Kier molecular flexibility index (Phi) is 3.23. The van der Waals surface area contributed by atoms with Crippen molar-refractivity contribution in [3.8, 4) is 0 Å². The van der Waals surface area contributed by atoms with Crippen LogP contribution in [0, 0.1) is 5.92 Å². The normalized spacial score (nSPS) is 37.6. The van der Waals surface area contributed by atoms with Gasteiger partial charge in [0.15, 0.2) is 0 Å². The molecule has 13 heavy (non-hydrogen) atoms. The minimum atomic E-state index is 0.832. The van der Waals surface area contributed by atoms with Crippen molar-refractivity contribution in [2.75, 3.05) is 26.2 Å². The molecule has 2 saturated heterocycles. The zero-order valence-electron chi connectivity index (χ0n) is 8.76. The molecule has 0 saturated carbocycles. The van der Waals surface area contributed by atoms with Crippen LogP contribution in [0.25, 0.3) is 0 Å². The molecule has 0 aliphatic carbocycles. The molecule has 2 atom stereocenters. The van der Waals surface area contributed by atoms with Gasteiger partial charge < -0.3 is 5.32 Å². The molecule has 2 nitrogen and oxygen atoms in total. The van der Waals surface area contributed by atoms with Crippen LogP contribution in [0.3, 0.4) is 0 Å². The zero-order valence-corrected chi connectivity index (χ0v) is 8.76. The molecule has 0 aromatic carbocycles. The Labute approximate surface area is 81.7 Å². The van der Waals surface area contributed by atoms with Gasteiger partial charge in [-0.3, -0.25) is 4.90 Å². The third-order valence-corrected chi connectivity index (χ3v) is 3.59. The van der Waals surface area contributed by atoms with E-state index in [0.29, 0.717) is 0 Å². The van der Waals surface area contributed by atoms with Crippen molar-refractivity contribution in [2.24, 2.45) is 5.92 Å². The van der Waals surface area contributed by atoms with Gasteiger partial charge in [-0.05, 0) is 38.4 Å². The van der Waals surface area contributed by atoms with Crippen molar-refractivity contribution in [2.45, 2.75) is 38.6 Å². The molecule has 0 amide bonds. The van der Waals surface area contributed by atoms with E-state index in [9.17, 15) is 0 Å². The van der Waals surface area contributed by atoms with Gasteiger partial charge in [-0.1, -0.05) is 19.8 Å². The quantitative estimate of drug-likeness (QED) is 0.660. The van der Waals surface area contributed by atoms with Crippen molar-refractivity contribution in [1.82, 2.24) is 10.2 Å². The fourth-order valence-electron chi connectivity index (χ4n) is 2.71. The average Bonchev–Trinajstić information content (AvgIpc) is 2.43. The number of nitrogens with zero attached hydrogens (tertiary/aromatic N) is 1. The molecule has 2 aliphatic heterocycles. The lowest BCUT2D eigenvalue weighted by atomic mass is 10.0. The first-order chi connectivity index (χ1) is 6.38. The summed E-state index contributed by atoms with van der Waals surface area (Å²) in [6, 6.07) is 0.832. The first-order valence-corrected chi connectivity index (χ1v) is 5.82. The van der Waals surface area contributed by atoms with Gasteiger partial charge in [-0.25, -0.2) is 0 Å². The van der Waals surface area contributed by atoms with Crippen LogP contribution in [0.15, 0.2) is 0 Å².